The highest BCUT2D eigenvalue weighted by atomic mass is 35.5. The number of benzene rings is 3. The summed E-state index contributed by atoms with van der Waals surface area (Å²) in [5.74, 6) is -0.534. The van der Waals surface area contributed by atoms with Crippen LogP contribution in [0.1, 0.15) is 10.4 Å². The van der Waals surface area contributed by atoms with Gasteiger partial charge in [-0.25, -0.2) is 4.98 Å². The van der Waals surface area contributed by atoms with Crippen LogP contribution in [-0.2, 0) is 4.74 Å². The van der Waals surface area contributed by atoms with Crippen molar-refractivity contribution < 1.29 is 14.5 Å². The average molecular weight is 529 g/mol. The summed E-state index contributed by atoms with van der Waals surface area (Å²) < 4.78 is 6.31. The topological polar surface area (TPSA) is 97.6 Å². The molecule has 0 unspecified atom stereocenters. The number of nitro benzene ring substituents is 1. The number of para-hydroxylation sites is 1. The van der Waals surface area contributed by atoms with Crippen LogP contribution >= 0.6 is 34.5 Å². The smallest absolute Gasteiger partial charge is 0.293 e. The number of ether oxygens (including phenoxy) is 1. The minimum Gasteiger partial charge on any atom is -0.378 e. The summed E-state index contributed by atoms with van der Waals surface area (Å²) in [6.45, 7) is 2.06. The summed E-state index contributed by atoms with van der Waals surface area (Å²) >= 11 is 14.2. The third-order valence-electron chi connectivity index (χ3n) is 5.60. The second-order valence-corrected chi connectivity index (χ2v) is 9.69. The summed E-state index contributed by atoms with van der Waals surface area (Å²) in [6.07, 6.45) is 0. The number of carbonyl (C=O) groups is 1. The fourth-order valence-electron chi connectivity index (χ4n) is 3.93. The van der Waals surface area contributed by atoms with E-state index in [1.165, 1.54) is 23.5 Å². The Labute approximate surface area is 214 Å². The van der Waals surface area contributed by atoms with E-state index in [9.17, 15) is 14.9 Å². The van der Waals surface area contributed by atoms with Crippen molar-refractivity contribution in [1.82, 2.24) is 4.98 Å². The van der Waals surface area contributed by atoms with Crippen LogP contribution in [0.2, 0.25) is 10.0 Å². The summed E-state index contributed by atoms with van der Waals surface area (Å²) in [5.41, 5.74) is 2.16. The van der Waals surface area contributed by atoms with Crippen LogP contribution in [0, 0.1) is 10.1 Å². The lowest BCUT2D eigenvalue weighted by Crippen LogP contribution is -2.36. The number of carbonyl (C=O) groups excluding carboxylic acids is 1. The van der Waals surface area contributed by atoms with Gasteiger partial charge < -0.3 is 15.0 Å². The normalized spacial score (nSPS) is 13.7. The van der Waals surface area contributed by atoms with E-state index in [1.54, 1.807) is 18.2 Å². The van der Waals surface area contributed by atoms with E-state index in [0.29, 0.717) is 53.3 Å². The number of morpholine rings is 1. The molecule has 1 N–H and O–H groups in total. The van der Waals surface area contributed by atoms with Gasteiger partial charge in [0.1, 0.15) is 10.7 Å². The van der Waals surface area contributed by atoms with Gasteiger partial charge in [-0.05, 0) is 36.4 Å². The largest absolute Gasteiger partial charge is 0.378 e. The van der Waals surface area contributed by atoms with Crippen molar-refractivity contribution in [2.75, 3.05) is 36.5 Å². The molecule has 1 amide bonds. The van der Waals surface area contributed by atoms with Gasteiger partial charge in [0, 0.05) is 35.3 Å². The summed E-state index contributed by atoms with van der Waals surface area (Å²) in [6, 6.07) is 15.3. The lowest BCUT2D eigenvalue weighted by Gasteiger charge is -2.28. The van der Waals surface area contributed by atoms with Crippen LogP contribution in [0.4, 0.5) is 17.1 Å². The predicted octanol–water partition coefficient (Wildman–Crippen LogP) is 6.27. The van der Waals surface area contributed by atoms with Crippen molar-refractivity contribution in [2.45, 2.75) is 0 Å². The number of anilines is 2. The van der Waals surface area contributed by atoms with Gasteiger partial charge in [0.2, 0.25) is 0 Å². The number of nitro groups is 1. The van der Waals surface area contributed by atoms with Crippen molar-refractivity contribution >= 4 is 67.7 Å². The Kier molecular flexibility index (Phi) is 6.57. The number of rotatable bonds is 5. The van der Waals surface area contributed by atoms with Crippen molar-refractivity contribution in [2.24, 2.45) is 0 Å². The van der Waals surface area contributed by atoms with Gasteiger partial charge in [0.05, 0.1) is 39.1 Å². The van der Waals surface area contributed by atoms with E-state index in [0.717, 1.165) is 10.2 Å². The number of nitrogens with one attached hydrogen (secondary N) is 1. The van der Waals surface area contributed by atoms with Crippen LogP contribution in [0.3, 0.4) is 0 Å². The lowest BCUT2D eigenvalue weighted by molar-refractivity contribution is -0.384. The van der Waals surface area contributed by atoms with Crippen LogP contribution in [0.15, 0.2) is 54.6 Å². The second kappa shape index (κ2) is 9.79. The third kappa shape index (κ3) is 4.81. The average Bonchev–Trinajstić information content (AvgIpc) is 3.30. The second-order valence-electron chi connectivity index (χ2n) is 7.81. The lowest BCUT2D eigenvalue weighted by atomic mass is 10.1. The third-order valence-corrected chi connectivity index (χ3v) is 7.19. The molecule has 0 saturated carbocycles. The maximum absolute atomic E-state index is 13.2. The van der Waals surface area contributed by atoms with Crippen LogP contribution < -0.4 is 10.2 Å². The number of thiazole rings is 1. The van der Waals surface area contributed by atoms with Gasteiger partial charge in [-0.1, -0.05) is 35.3 Å². The van der Waals surface area contributed by atoms with E-state index < -0.39 is 10.8 Å². The van der Waals surface area contributed by atoms with Gasteiger partial charge in [-0.15, -0.1) is 11.3 Å². The number of amides is 1. The molecule has 11 heteroatoms. The van der Waals surface area contributed by atoms with Crippen LogP contribution in [-0.4, -0.2) is 42.1 Å². The Bertz CT molecular complexity index is 1420. The fourth-order valence-corrected chi connectivity index (χ4v) is 5.45. The quantitative estimate of drug-likeness (QED) is 0.242. The Morgan fingerprint density at radius 3 is 2.63 bits per heavy atom. The van der Waals surface area contributed by atoms with Crippen molar-refractivity contribution in [1.29, 1.82) is 0 Å². The zero-order valence-electron chi connectivity index (χ0n) is 18.2. The molecule has 0 aliphatic carbocycles. The molecule has 8 nitrogen and oxygen atoms in total. The molecule has 1 fully saturated rings. The Morgan fingerprint density at radius 1 is 1.11 bits per heavy atom. The first-order chi connectivity index (χ1) is 16.9. The molecule has 35 heavy (non-hydrogen) atoms. The molecule has 0 bridgehead atoms. The minimum atomic E-state index is -0.534. The molecule has 1 aliphatic heterocycles. The first-order valence-electron chi connectivity index (χ1n) is 10.7. The number of halogens is 2. The molecular weight excluding hydrogens is 511 g/mol. The van der Waals surface area contributed by atoms with Crippen molar-refractivity contribution in [3.05, 3.63) is 80.3 Å². The summed E-state index contributed by atoms with van der Waals surface area (Å²) in [7, 11) is 0. The maximum Gasteiger partial charge on any atom is 0.293 e. The van der Waals surface area contributed by atoms with Gasteiger partial charge in [-0.2, -0.15) is 0 Å². The van der Waals surface area contributed by atoms with Gasteiger partial charge in [0.25, 0.3) is 11.6 Å². The molecule has 1 saturated heterocycles. The Morgan fingerprint density at radius 2 is 1.89 bits per heavy atom. The first-order valence-corrected chi connectivity index (χ1v) is 12.3. The summed E-state index contributed by atoms with van der Waals surface area (Å²) in [5, 5.41) is 15.9. The van der Waals surface area contributed by atoms with Gasteiger partial charge >= 0.3 is 0 Å². The molecule has 3 aromatic carbocycles. The van der Waals surface area contributed by atoms with E-state index in [4.69, 9.17) is 27.9 Å². The number of hydrogen-bond acceptors (Lipinski definition) is 7. The zero-order chi connectivity index (χ0) is 24.5. The number of aromatic nitrogens is 1. The zero-order valence-corrected chi connectivity index (χ0v) is 20.5. The molecule has 4 aromatic rings. The molecule has 2 heterocycles. The molecule has 1 aromatic heterocycles. The van der Waals surface area contributed by atoms with E-state index in [2.05, 4.69) is 10.3 Å². The number of hydrogen-bond donors (Lipinski definition) is 1. The highest BCUT2D eigenvalue weighted by molar-refractivity contribution is 7.21. The SMILES string of the molecule is O=C(Nc1c(Cl)cc(Cl)cc1-c1nc2ccccc2s1)c1ccc(N2CCOCC2)c([N+](=O)[O-])c1. The standard InChI is InChI=1S/C24H18Cl2N4O4S/c25-15-12-16(24-27-18-3-1-2-4-21(18)35-24)22(17(26)13-15)28-23(31)14-5-6-19(20(11-14)30(32)33)29-7-9-34-10-8-29/h1-6,11-13H,7-10H2,(H,28,31). The van der Waals surface area contributed by atoms with Crippen molar-refractivity contribution in [3.63, 3.8) is 0 Å². The molecule has 0 spiro atoms. The Hall–Kier alpha value is -3.24. The first kappa shape index (κ1) is 23.5. The van der Waals surface area contributed by atoms with Gasteiger partial charge in [0.15, 0.2) is 0 Å². The van der Waals surface area contributed by atoms with Crippen molar-refractivity contribution in [3.8, 4) is 10.6 Å². The monoisotopic (exact) mass is 528 g/mol. The maximum atomic E-state index is 13.2. The molecule has 1 aliphatic rings. The molecule has 5 rings (SSSR count). The molecule has 0 atom stereocenters. The van der Waals surface area contributed by atoms with Gasteiger partial charge in [-0.3, -0.25) is 14.9 Å². The predicted molar refractivity (Wildman–Crippen MR) is 139 cm³/mol. The number of nitrogens with zero attached hydrogens (tertiary/aromatic N) is 3. The Balaban J connectivity index is 1.50. The minimum absolute atomic E-state index is 0.134. The van der Waals surface area contributed by atoms with E-state index in [-0.39, 0.29) is 16.3 Å². The molecule has 178 valence electrons. The van der Waals surface area contributed by atoms with E-state index in [1.807, 2.05) is 29.2 Å². The molecule has 0 radical (unpaired) electrons. The van der Waals surface area contributed by atoms with Crippen LogP contribution in [0.5, 0.6) is 0 Å². The molecular formula is C24H18Cl2N4O4S. The fraction of sp³-hybridized carbons (Fsp3) is 0.167. The summed E-state index contributed by atoms with van der Waals surface area (Å²) in [4.78, 5) is 31.0. The van der Waals surface area contributed by atoms with Crippen LogP contribution in [0.25, 0.3) is 20.8 Å². The highest BCUT2D eigenvalue weighted by Gasteiger charge is 2.24. The highest BCUT2D eigenvalue weighted by Crippen LogP contribution is 2.40. The van der Waals surface area contributed by atoms with E-state index >= 15 is 0 Å². The number of fused-ring (bicyclic) bond motifs is 1.